The molecular weight excluding hydrogens is 643 g/mol. The topological polar surface area (TPSA) is 76.0 Å². The van der Waals surface area contributed by atoms with E-state index in [4.69, 9.17) is 0 Å². The zero-order valence-corrected chi connectivity index (χ0v) is 33.9. The average Bonchev–Trinajstić information content (AvgIpc) is 3.48. The molecule has 4 saturated carbocycles. The summed E-state index contributed by atoms with van der Waals surface area (Å²) in [6, 6.07) is 7.64. The molecule has 7 rings (SSSR count). The van der Waals surface area contributed by atoms with Gasteiger partial charge in [-0.05, 0) is 145 Å². The van der Waals surface area contributed by atoms with Crippen molar-refractivity contribution >= 4 is 11.5 Å². The third-order valence-corrected chi connectivity index (χ3v) is 17.4. The van der Waals surface area contributed by atoms with Crippen LogP contribution in [0, 0.1) is 57.2 Å². The zero-order chi connectivity index (χ0) is 37.4. The summed E-state index contributed by atoms with van der Waals surface area (Å²) in [6.07, 6.45) is 13.8. The van der Waals surface area contributed by atoms with Gasteiger partial charge in [-0.2, -0.15) is 0 Å². The van der Waals surface area contributed by atoms with Crippen LogP contribution in [-0.4, -0.2) is 77.0 Å². The van der Waals surface area contributed by atoms with Gasteiger partial charge in [-0.15, -0.1) is 0 Å². The van der Waals surface area contributed by atoms with Crippen LogP contribution in [0.2, 0.25) is 0 Å². The van der Waals surface area contributed by atoms with Crippen LogP contribution in [0.5, 0.6) is 0 Å². The van der Waals surface area contributed by atoms with E-state index in [1.54, 1.807) is 12.1 Å². The molecule has 5 fully saturated rings. The molecule has 3 N–H and O–H groups in total. The summed E-state index contributed by atoms with van der Waals surface area (Å²) in [5, 5.41) is 24.4. The standard InChI is InChI=1S/C46H71N3O3/c1-30(2)34-16-21-46(47-24-25-48-26-28-49(29-27-48)40(50)31(3)4)23-22-44(8)36(39(34)46)14-15-38-43(7)19-17-35(32-10-12-33(13-11-32)41(51)52)42(5,6)37(43)18-20-45(38,44)9/h10-13,17,31,34,36-40,47,50H,1,14-16,18-29H2,2-9H3,(H,51,52)/t34-,36+,37-,38+,39+,40?,43-,44+,45+,46-/m0/s1. The molecule has 1 heterocycles. The molecule has 1 unspecified atom stereocenters. The lowest BCUT2D eigenvalue weighted by Crippen LogP contribution is -2.68. The van der Waals surface area contributed by atoms with Gasteiger partial charge in [0.2, 0.25) is 0 Å². The molecule has 52 heavy (non-hydrogen) atoms. The van der Waals surface area contributed by atoms with E-state index in [2.05, 4.69) is 83.2 Å². The quantitative estimate of drug-likeness (QED) is 0.222. The Balaban J connectivity index is 1.10. The van der Waals surface area contributed by atoms with Crippen LogP contribution in [0.4, 0.5) is 0 Å². The van der Waals surface area contributed by atoms with Crippen LogP contribution in [0.15, 0.2) is 42.5 Å². The molecule has 0 spiro atoms. The van der Waals surface area contributed by atoms with Gasteiger partial charge in [0, 0.05) is 44.8 Å². The van der Waals surface area contributed by atoms with E-state index in [9.17, 15) is 15.0 Å². The number of carboxylic acids is 1. The number of fused-ring (bicyclic) bond motifs is 7. The lowest BCUT2D eigenvalue weighted by molar-refractivity contribution is -0.219. The molecule has 6 nitrogen and oxygen atoms in total. The fourth-order valence-electron chi connectivity index (χ4n) is 14.5. The van der Waals surface area contributed by atoms with Crippen molar-refractivity contribution < 1.29 is 15.0 Å². The Morgan fingerprint density at radius 1 is 0.904 bits per heavy atom. The minimum atomic E-state index is -0.858. The summed E-state index contributed by atoms with van der Waals surface area (Å²) >= 11 is 0. The molecule has 1 saturated heterocycles. The highest BCUT2D eigenvalue weighted by Gasteiger charge is 2.70. The number of hydrogen-bond acceptors (Lipinski definition) is 5. The third kappa shape index (κ3) is 5.91. The smallest absolute Gasteiger partial charge is 0.335 e. The lowest BCUT2D eigenvalue weighted by Gasteiger charge is -2.72. The molecule has 1 aromatic carbocycles. The first-order valence-electron chi connectivity index (χ1n) is 21.1. The van der Waals surface area contributed by atoms with Gasteiger partial charge >= 0.3 is 5.97 Å². The van der Waals surface area contributed by atoms with Gasteiger partial charge in [-0.25, -0.2) is 4.79 Å². The third-order valence-electron chi connectivity index (χ3n) is 17.4. The summed E-state index contributed by atoms with van der Waals surface area (Å²) in [4.78, 5) is 16.5. The number of hydrogen-bond donors (Lipinski definition) is 3. The predicted octanol–water partition coefficient (Wildman–Crippen LogP) is 8.97. The van der Waals surface area contributed by atoms with E-state index in [0.717, 1.165) is 51.6 Å². The normalized spacial score (nSPS) is 41.0. The summed E-state index contributed by atoms with van der Waals surface area (Å²) in [5.74, 6) is 2.70. The maximum absolute atomic E-state index is 11.6. The maximum atomic E-state index is 11.6. The van der Waals surface area contributed by atoms with Gasteiger partial charge in [0.1, 0.15) is 6.23 Å². The molecule has 6 heteroatoms. The van der Waals surface area contributed by atoms with Crippen molar-refractivity contribution in [3.8, 4) is 0 Å². The number of benzene rings is 1. The van der Waals surface area contributed by atoms with Crippen LogP contribution in [0.1, 0.15) is 129 Å². The van der Waals surface area contributed by atoms with Crippen molar-refractivity contribution in [2.24, 2.45) is 57.2 Å². The van der Waals surface area contributed by atoms with Gasteiger partial charge < -0.3 is 15.5 Å². The van der Waals surface area contributed by atoms with Gasteiger partial charge in [0.05, 0.1) is 5.56 Å². The van der Waals surface area contributed by atoms with Crippen molar-refractivity contribution in [2.45, 2.75) is 125 Å². The molecule has 6 aliphatic rings. The molecule has 288 valence electrons. The number of nitrogens with zero attached hydrogens (tertiary/aromatic N) is 2. The SMILES string of the molecule is C=C(C)[C@@H]1CC[C@]2(NCCN3CCN(C(O)C(C)C)CC3)CC[C@]3(C)[C@H](CC[C@@H]4[C@@]5(C)CC=C(c6ccc(C(=O)O)cc6)C(C)(C)[C@@H]5CC[C@]43C)[C@@H]12. The number of aromatic carboxylic acids is 1. The molecule has 0 amide bonds. The lowest BCUT2D eigenvalue weighted by atomic mass is 9.33. The first-order chi connectivity index (χ1) is 24.5. The van der Waals surface area contributed by atoms with Gasteiger partial charge in [0.15, 0.2) is 0 Å². The Labute approximate surface area is 315 Å². The Morgan fingerprint density at radius 3 is 2.23 bits per heavy atom. The highest BCUT2D eigenvalue weighted by Crippen LogP contribution is 2.76. The fraction of sp³-hybridized carbons (Fsp3) is 0.761. The highest BCUT2D eigenvalue weighted by molar-refractivity contribution is 5.88. The second kappa shape index (κ2) is 13.6. The first-order valence-corrected chi connectivity index (χ1v) is 21.1. The van der Waals surface area contributed by atoms with E-state index >= 15 is 0 Å². The predicted molar refractivity (Wildman–Crippen MR) is 213 cm³/mol. The molecule has 0 aromatic heterocycles. The van der Waals surface area contributed by atoms with E-state index < -0.39 is 5.97 Å². The summed E-state index contributed by atoms with van der Waals surface area (Å²) in [6.45, 7) is 30.4. The van der Waals surface area contributed by atoms with Crippen molar-refractivity contribution in [2.75, 3.05) is 39.3 Å². The Hall–Kier alpha value is -1.99. The van der Waals surface area contributed by atoms with Crippen LogP contribution >= 0.6 is 0 Å². The molecular formula is C46H71N3O3. The van der Waals surface area contributed by atoms with Crippen molar-refractivity contribution in [1.29, 1.82) is 0 Å². The minimum absolute atomic E-state index is 0.0276. The number of rotatable bonds is 9. The maximum Gasteiger partial charge on any atom is 0.335 e. The second-order valence-corrected chi connectivity index (χ2v) is 20.2. The number of allylic oxidation sites excluding steroid dienone is 3. The number of carbonyl (C=O) groups is 1. The minimum Gasteiger partial charge on any atom is -0.478 e. The van der Waals surface area contributed by atoms with E-state index in [1.807, 2.05) is 12.1 Å². The van der Waals surface area contributed by atoms with Crippen LogP contribution in [0.25, 0.3) is 5.57 Å². The van der Waals surface area contributed by atoms with Crippen molar-refractivity contribution in [3.05, 3.63) is 53.6 Å². The molecule has 10 atom stereocenters. The molecule has 5 aliphatic carbocycles. The van der Waals surface area contributed by atoms with E-state index in [0.29, 0.717) is 40.1 Å². The number of carboxylic acid groups (broad SMARTS) is 1. The number of piperazine rings is 1. The van der Waals surface area contributed by atoms with Crippen molar-refractivity contribution in [1.82, 2.24) is 15.1 Å². The van der Waals surface area contributed by atoms with Gasteiger partial charge in [-0.3, -0.25) is 9.80 Å². The molecule has 1 aliphatic heterocycles. The first kappa shape index (κ1) is 38.3. The number of aliphatic hydroxyl groups excluding tert-OH is 1. The van der Waals surface area contributed by atoms with Gasteiger partial charge in [-0.1, -0.05) is 78.8 Å². The number of nitrogens with one attached hydrogen (secondary N) is 1. The Bertz CT molecular complexity index is 1540. The van der Waals surface area contributed by atoms with E-state index in [1.165, 1.54) is 68.1 Å². The fourth-order valence-corrected chi connectivity index (χ4v) is 14.5. The molecule has 0 radical (unpaired) electrons. The summed E-state index contributed by atoms with van der Waals surface area (Å²) in [5.41, 5.74) is 5.48. The Kier molecular flexibility index (Phi) is 10.0. The second-order valence-electron chi connectivity index (χ2n) is 20.2. The Morgan fingerprint density at radius 2 is 1.60 bits per heavy atom. The van der Waals surface area contributed by atoms with E-state index in [-0.39, 0.29) is 28.5 Å². The van der Waals surface area contributed by atoms with Crippen LogP contribution in [0.3, 0.4) is 0 Å². The molecule has 0 bridgehead atoms. The number of aliphatic hydroxyl groups is 1. The largest absolute Gasteiger partial charge is 0.478 e. The zero-order valence-electron chi connectivity index (χ0n) is 33.9. The summed E-state index contributed by atoms with van der Waals surface area (Å²) < 4.78 is 0. The highest BCUT2D eigenvalue weighted by atomic mass is 16.4. The van der Waals surface area contributed by atoms with Crippen LogP contribution < -0.4 is 5.32 Å². The van der Waals surface area contributed by atoms with Crippen LogP contribution in [-0.2, 0) is 0 Å². The monoisotopic (exact) mass is 714 g/mol. The summed E-state index contributed by atoms with van der Waals surface area (Å²) in [7, 11) is 0. The van der Waals surface area contributed by atoms with Crippen molar-refractivity contribution in [3.63, 3.8) is 0 Å². The van der Waals surface area contributed by atoms with Gasteiger partial charge in [0.25, 0.3) is 0 Å². The average molecular weight is 714 g/mol. The molecule has 1 aromatic rings.